The lowest BCUT2D eigenvalue weighted by Crippen LogP contribution is -2.46. The van der Waals surface area contributed by atoms with Crippen LogP contribution in [0.2, 0.25) is 0 Å². The van der Waals surface area contributed by atoms with Gasteiger partial charge in [-0.1, -0.05) is 24.6 Å². The Labute approximate surface area is 189 Å². The summed E-state index contributed by atoms with van der Waals surface area (Å²) in [5.74, 6) is 0.632. The molecule has 2 aromatic carbocycles. The fraction of sp³-hybridized carbons (Fsp3) is 0.500. The fourth-order valence-corrected chi connectivity index (χ4v) is 5.27. The number of ether oxygens (including phenoxy) is 1. The summed E-state index contributed by atoms with van der Waals surface area (Å²) in [6, 6.07) is 13.4. The molecule has 3 atom stereocenters. The molecule has 0 saturated carbocycles. The average molecular weight is 441 g/mol. The lowest BCUT2D eigenvalue weighted by atomic mass is 9.97. The van der Waals surface area contributed by atoms with E-state index in [2.05, 4.69) is 16.3 Å². The predicted molar refractivity (Wildman–Crippen MR) is 122 cm³/mol. The lowest BCUT2D eigenvalue weighted by Gasteiger charge is -2.33. The molecule has 2 aliphatic heterocycles. The van der Waals surface area contributed by atoms with Crippen molar-refractivity contribution in [2.24, 2.45) is 0 Å². The smallest absolute Gasteiger partial charge is 0.220 e. The molecule has 0 aromatic heterocycles. The highest BCUT2D eigenvalue weighted by Crippen LogP contribution is 2.34. The van der Waals surface area contributed by atoms with Crippen molar-refractivity contribution < 1.29 is 19.0 Å². The largest absolute Gasteiger partial charge is 0.494 e. The number of amides is 1. The average Bonchev–Trinajstić information content (AvgIpc) is 3.05. The van der Waals surface area contributed by atoms with Crippen LogP contribution >= 0.6 is 0 Å². The van der Waals surface area contributed by atoms with E-state index in [-0.39, 0.29) is 36.5 Å². The molecule has 172 valence electrons. The van der Waals surface area contributed by atoms with E-state index in [9.17, 15) is 14.3 Å². The third-order valence-electron chi connectivity index (χ3n) is 6.71. The van der Waals surface area contributed by atoms with Crippen molar-refractivity contribution in [3.8, 4) is 5.75 Å². The van der Waals surface area contributed by atoms with E-state index in [0.29, 0.717) is 18.8 Å². The summed E-state index contributed by atoms with van der Waals surface area (Å²) in [5.41, 5.74) is 2.87. The maximum atomic E-state index is 13.8. The van der Waals surface area contributed by atoms with Crippen molar-refractivity contribution in [2.75, 3.05) is 6.61 Å². The van der Waals surface area contributed by atoms with Gasteiger partial charge >= 0.3 is 0 Å². The molecule has 0 unspecified atom stereocenters. The third-order valence-corrected chi connectivity index (χ3v) is 6.71. The van der Waals surface area contributed by atoms with Crippen LogP contribution in [0.3, 0.4) is 0 Å². The third kappa shape index (κ3) is 5.30. The van der Waals surface area contributed by atoms with Gasteiger partial charge in [0.25, 0.3) is 0 Å². The van der Waals surface area contributed by atoms with Gasteiger partial charge in [-0.3, -0.25) is 9.69 Å². The van der Waals surface area contributed by atoms with E-state index in [1.54, 1.807) is 12.1 Å². The van der Waals surface area contributed by atoms with Gasteiger partial charge in [0.2, 0.25) is 5.91 Å². The van der Waals surface area contributed by atoms with Gasteiger partial charge in [-0.25, -0.2) is 4.39 Å². The molecule has 4 rings (SSSR count). The summed E-state index contributed by atoms with van der Waals surface area (Å²) >= 11 is 0. The van der Waals surface area contributed by atoms with Gasteiger partial charge in [0, 0.05) is 36.7 Å². The Bertz CT molecular complexity index is 935. The minimum absolute atomic E-state index is 0.0714. The van der Waals surface area contributed by atoms with Crippen molar-refractivity contribution in [3.05, 3.63) is 65.0 Å². The van der Waals surface area contributed by atoms with Crippen LogP contribution in [0.5, 0.6) is 5.75 Å². The number of carbonyl (C=O) groups is 1. The van der Waals surface area contributed by atoms with Crippen molar-refractivity contribution in [3.63, 3.8) is 0 Å². The highest BCUT2D eigenvalue weighted by Gasteiger charge is 2.41. The number of hydrogen-bond acceptors (Lipinski definition) is 4. The molecular weight excluding hydrogens is 407 g/mol. The number of fused-ring (bicyclic) bond motifs is 1. The number of nitrogens with one attached hydrogen (secondary N) is 1. The molecule has 2 heterocycles. The number of benzene rings is 2. The first kappa shape index (κ1) is 22.7. The summed E-state index contributed by atoms with van der Waals surface area (Å²) in [6.07, 6.45) is 5.17. The van der Waals surface area contributed by atoms with Crippen molar-refractivity contribution >= 4 is 5.91 Å². The number of hydrogen-bond donors (Lipinski definition) is 2. The zero-order valence-electron chi connectivity index (χ0n) is 18.7. The Kier molecular flexibility index (Phi) is 7.43. The molecule has 0 aliphatic carbocycles. The molecule has 1 amide bonds. The second-order valence-electron chi connectivity index (χ2n) is 8.92. The summed E-state index contributed by atoms with van der Waals surface area (Å²) in [5, 5.41) is 13.1. The topological polar surface area (TPSA) is 61.8 Å². The van der Waals surface area contributed by atoms with Crippen LogP contribution in [0, 0.1) is 5.82 Å². The standard InChI is InChI=1S/C26H33FN2O3/c1-2-32-25-11-10-19(12-20(25)17-30)16-29-22(14-18-6-5-7-21(27)13-18)15-23-24(29)8-3-4-9-26(31)28-23/h5-7,10-13,22-24,30H,2-4,8-9,14-17H2,1H3,(H,28,31)/t22-,23+,24-/m1/s1. The van der Waals surface area contributed by atoms with Crippen LogP contribution in [-0.2, 0) is 24.4 Å². The maximum Gasteiger partial charge on any atom is 0.220 e. The Morgan fingerprint density at radius 1 is 1.19 bits per heavy atom. The maximum absolute atomic E-state index is 13.8. The van der Waals surface area contributed by atoms with E-state index < -0.39 is 0 Å². The molecule has 2 aliphatic rings. The molecule has 0 bridgehead atoms. The van der Waals surface area contributed by atoms with Crippen LogP contribution in [0.25, 0.3) is 0 Å². The molecule has 2 N–H and O–H groups in total. The number of nitrogens with zero attached hydrogens (tertiary/aromatic N) is 1. The van der Waals surface area contributed by atoms with Crippen molar-refractivity contribution in [1.82, 2.24) is 10.2 Å². The van der Waals surface area contributed by atoms with E-state index in [1.165, 1.54) is 6.07 Å². The number of aliphatic hydroxyl groups excluding tert-OH is 1. The van der Waals surface area contributed by atoms with Gasteiger partial charge < -0.3 is 15.2 Å². The summed E-state index contributed by atoms with van der Waals surface area (Å²) in [7, 11) is 0. The van der Waals surface area contributed by atoms with Gasteiger partial charge in [0.1, 0.15) is 11.6 Å². The minimum Gasteiger partial charge on any atom is -0.494 e. The lowest BCUT2D eigenvalue weighted by molar-refractivity contribution is -0.122. The minimum atomic E-state index is -0.217. The van der Waals surface area contributed by atoms with E-state index >= 15 is 0 Å². The Morgan fingerprint density at radius 3 is 2.84 bits per heavy atom. The second kappa shape index (κ2) is 10.5. The first-order valence-electron chi connectivity index (χ1n) is 11.7. The van der Waals surface area contributed by atoms with E-state index in [1.807, 2.05) is 25.1 Å². The zero-order valence-corrected chi connectivity index (χ0v) is 18.7. The van der Waals surface area contributed by atoms with Gasteiger partial charge in [-0.05, 0) is 68.0 Å². The first-order valence-corrected chi connectivity index (χ1v) is 11.7. The number of carbonyl (C=O) groups excluding carboxylic acids is 1. The number of rotatable bonds is 7. The number of likely N-dealkylation sites (tertiary alicyclic amines) is 1. The molecule has 6 heteroatoms. The SMILES string of the molecule is CCOc1ccc(CN2[C@H](Cc3cccc(F)c3)C[C@@H]3NC(=O)CCCC[C@H]32)cc1CO. The highest BCUT2D eigenvalue weighted by atomic mass is 19.1. The fourth-order valence-electron chi connectivity index (χ4n) is 5.27. The molecule has 2 saturated heterocycles. The second-order valence-corrected chi connectivity index (χ2v) is 8.92. The molecule has 32 heavy (non-hydrogen) atoms. The quantitative estimate of drug-likeness (QED) is 0.684. The predicted octanol–water partition coefficient (Wildman–Crippen LogP) is 3.96. The number of aliphatic hydroxyl groups is 1. The van der Waals surface area contributed by atoms with Gasteiger partial charge in [-0.15, -0.1) is 0 Å². The van der Waals surface area contributed by atoms with Crippen LogP contribution in [-0.4, -0.2) is 40.6 Å². The Hall–Kier alpha value is -2.44. The molecular formula is C26H33FN2O3. The van der Waals surface area contributed by atoms with Crippen molar-refractivity contribution in [2.45, 2.75) is 76.7 Å². The van der Waals surface area contributed by atoms with Crippen molar-refractivity contribution in [1.29, 1.82) is 0 Å². The van der Waals surface area contributed by atoms with Crippen LogP contribution in [0.1, 0.15) is 55.7 Å². The molecule has 5 nitrogen and oxygen atoms in total. The Morgan fingerprint density at radius 2 is 2.06 bits per heavy atom. The van der Waals surface area contributed by atoms with Gasteiger partial charge in [0.15, 0.2) is 0 Å². The molecule has 0 radical (unpaired) electrons. The molecule has 2 fully saturated rings. The first-order chi connectivity index (χ1) is 15.6. The van der Waals surface area contributed by atoms with Crippen LogP contribution in [0.4, 0.5) is 4.39 Å². The summed E-state index contributed by atoms with van der Waals surface area (Å²) < 4.78 is 19.5. The Balaban J connectivity index is 1.60. The molecule has 0 spiro atoms. The molecule has 2 aromatic rings. The normalized spacial score (nSPS) is 23.8. The summed E-state index contributed by atoms with van der Waals surface area (Å²) in [6.45, 7) is 3.13. The van der Waals surface area contributed by atoms with E-state index in [0.717, 1.165) is 55.3 Å². The zero-order chi connectivity index (χ0) is 22.5. The van der Waals surface area contributed by atoms with E-state index in [4.69, 9.17) is 4.74 Å². The highest BCUT2D eigenvalue weighted by molar-refractivity contribution is 5.76. The van der Waals surface area contributed by atoms with Gasteiger partial charge in [0.05, 0.1) is 13.2 Å². The van der Waals surface area contributed by atoms with Crippen LogP contribution in [0.15, 0.2) is 42.5 Å². The van der Waals surface area contributed by atoms with Crippen LogP contribution < -0.4 is 10.1 Å². The van der Waals surface area contributed by atoms with Gasteiger partial charge in [-0.2, -0.15) is 0 Å². The monoisotopic (exact) mass is 440 g/mol. The summed E-state index contributed by atoms with van der Waals surface area (Å²) in [4.78, 5) is 14.8. The number of halogens is 1.